The van der Waals surface area contributed by atoms with E-state index in [-0.39, 0.29) is 12.1 Å². The van der Waals surface area contributed by atoms with E-state index in [9.17, 15) is 4.79 Å². The van der Waals surface area contributed by atoms with Crippen molar-refractivity contribution in [3.63, 3.8) is 0 Å². The van der Waals surface area contributed by atoms with Crippen molar-refractivity contribution < 1.29 is 9.53 Å². The summed E-state index contributed by atoms with van der Waals surface area (Å²) in [6, 6.07) is 10.8. The number of anilines is 1. The van der Waals surface area contributed by atoms with Gasteiger partial charge >= 0.3 is 6.09 Å². The third-order valence-corrected chi connectivity index (χ3v) is 8.76. The Kier molecular flexibility index (Phi) is 6.58. The molecular formula is C27H39N3O2S. The largest absolute Gasteiger partial charge is 0.444 e. The standard InChI is InChI=1S/C27H39N3O2S/c1-27(2,3)32-26(31)28-20-9-7-19(8-10-20)13-15-29-16-17-30(24-12-11-23(24)29)22-5-4-6-25-21(22)14-18-33-25/h4-6,14,18-20,23-24H,7-13,15-17H2,1-3H3,(H,28,31)/t19-,20-,23?,24?. The minimum Gasteiger partial charge on any atom is -0.444 e. The normalized spacial score (nSPS) is 28.3. The number of alkyl carbamates (subject to hydrolysis) is 1. The van der Waals surface area contributed by atoms with Crippen molar-refractivity contribution in [1.82, 2.24) is 10.2 Å². The van der Waals surface area contributed by atoms with Gasteiger partial charge in [-0.2, -0.15) is 0 Å². The van der Waals surface area contributed by atoms with Crippen LogP contribution in [0.5, 0.6) is 0 Å². The van der Waals surface area contributed by atoms with Crippen LogP contribution in [0.15, 0.2) is 29.6 Å². The van der Waals surface area contributed by atoms with Gasteiger partial charge < -0.3 is 15.0 Å². The van der Waals surface area contributed by atoms with Crippen LogP contribution in [0, 0.1) is 5.92 Å². The summed E-state index contributed by atoms with van der Waals surface area (Å²) >= 11 is 1.85. The third-order valence-electron chi connectivity index (χ3n) is 7.87. The lowest BCUT2D eigenvalue weighted by Gasteiger charge is -2.55. The van der Waals surface area contributed by atoms with E-state index in [1.807, 2.05) is 32.1 Å². The van der Waals surface area contributed by atoms with Crippen LogP contribution < -0.4 is 10.2 Å². The first-order chi connectivity index (χ1) is 15.9. The highest BCUT2D eigenvalue weighted by molar-refractivity contribution is 7.17. The number of fused-ring (bicyclic) bond motifs is 2. The average molecular weight is 470 g/mol. The Morgan fingerprint density at radius 2 is 1.85 bits per heavy atom. The van der Waals surface area contributed by atoms with Crippen molar-refractivity contribution in [3.8, 4) is 0 Å². The molecule has 2 unspecified atom stereocenters. The van der Waals surface area contributed by atoms with Gasteiger partial charge in [0, 0.05) is 47.0 Å². The summed E-state index contributed by atoms with van der Waals surface area (Å²) in [5.74, 6) is 0.790. The van der Waals surface area contributed by atoms with Crippen LogP contribution in [-0.2, 0) is 4.74 Å². The van der Waals surface area contributed by atoms with Crippen LogP contribution in [0.1, 0.15) is 65.7 Å². The first-order valence-corrected chi connectivity index (χ1v) is 13.7. The molecule has 2 aromatic rings. The molecule has 5 nitrogen and oxygen atoms in total. The highest BCUT2D eigenvalue weighted by atomic mass is 32.1. The molecule has 2 heterocycles. The first-order valence-electron chi connectivity index (χ1n) is 12.8. The molecule has 2 atom stereocenters. The van der Waals surface area contributed by atoms with Gasteiger partial charge in [-0.25, -0.2) is 4.79 Å². The number of piperazine rings is 1. The molecule has 3 aliphatic rings. The fourth-order valence-corrected chi connectivity index (χ4v) is 6.85. The number of hydrogen-bond donors (Lipinski definition) is 1. The predicted octanol–water partition coefficient (Wildman–Crippen LogP) is 6.03. The Morgan fingerprint density at radius 3 is 2.58 bits per heavy atom. The summed E-state index contributed by atoms with van der Waals surface area (Å²) < 4.78 is 6.83. The molecule has 0 bridgehead atoms. The van der Waals surface area contributed by atoms with Crippen molar-refractivity contribution in [2.45, 2.75) is 89.4 Å². The Bertz CT molecular complexity index is 960. The Morgan fingerprint density at radius 1 is 1.06 bits per heavy atom. The molecule has 1 aromatic heterocycles. The monoisotopic (exact) mass is 469 g/mol. The molecule has 1 N–H and O–H groups in total. The molecule has 1 aliphatic heterocycles. The number of carbonyl (C=O) groups excluding carboxylic acids is 1. The van der Waals surface area contributed by atoms with Crippen LogP contribution in [0.25, 0.3) is 10.1 Å². The van der Waals surface area contributed by atoms with Gasteiger partial charge in [0.25, 0.3) is 0 Å². The number of amides is 1. The molecule has 5 rings (SSSR count). The molecule has 33 heavy (non-hydrogen) atoms. The summed E-state index contributed by atoms with van der Waals surface area (Å²) in [6.45, 7) is 9.29. The Hall–Kier alpha value is -1.79. The Labute approximate surface area is 202 Å². The van der Waals surface area contributed by atoms with Crippen LogP contribution in [-0.4, -0.2) is 54.4 Å². The summed E-state index contributed by atoms with van der Waals surface area (Å²) in [6.07, 6.45) is 8.28. The number of nitrogens with zero attached hydrogens (tertiary/aromatic N) is 2. The smallest absolute Gasteiger partial charge is 0.407 e. The van der Waals surface area contributed by atoms with E-state index in [4.69, 9.17) is 4.74 Å². The fourth-order valence-electron chi connectivity index (χ4n) is 6.05. The number of rotatable bonds is 5. The van der Waals surface area contributed by atoms with E-state index < -0.39 is 5.60 Å². The van der Waals surface area contributed by atoms with Gasteiger partial charge in [-0.3, -0.25) is 4.90 Å². The van der Waals surface area contributed by atoms with Crippen molar-refractivity contribution >= 4 is 33.2 Å². The zero-order valence-corrected chi connectivity index (χ0v) is 21.2. The second-order valence-electron chi connectivity index (χ2n) is 11.2. The lowest BCUT2D eigenvalue weighted by Crippen LogP contribution is -2.65. The van der Waals surface area contributed by atoms with Crippen LogP contribution in [0.3, 0.4) is 0 Å². The number of thiophene rings is 1. The average Bonchev–Trinajstić information content (AvgIpc) is 3.21. The van der Waals surface area contributed by atoms with Gasteiger partial charge in [0.1, 0.15) is 5.60 Å². The topological polar surface area (TPSA) is 44.8 Å². The van der Waals surface area contributed by atoms with E-state index in [1.54, 1.807) is 0 Å². The number of hydrogen-bond acceptors (Lipinski definition) is 5. The molecule has 0 radical (unpaired) electrons. The first kappa shape index (κ1) is 23.0. The maximum absolute atomic E-state index is 12.1. The van der Waals surface area contributed by atoms with Gasteiger partial charge in [0.15, 0.2) is 0 Å². The fraction of sp³-hybridized carbons (Fsp3) is 0.667. The highest BCUT2D eigenvalue weighted by Gasteiger charge is 2.43. The van der Waals surface area contributed by atoms with Gasteiger partial charge in [-0.05, 0) is 102 Å². The van der Waals surface area contributed by atoms with Crippen molar-refractivity contribution in [2.24, 2.45) is 5.92 Å². The lowest BCUT2D eigenvalue weighted by molar-refractivity contribution is 0.0477. The lowest BCUT2D eigenvalue weighted by atomic mass is 9.80. The maximum atomic E-state index is 12.1. The van der Waals surface area contributed by atoms with E-state index in [2.05, 4.69) is 44.8 Å². The van der Waals surface area contributed by atoms with E-state index in [0.29, 0.717) is 6.04 Å². The summed E-state index contributed by atoms with van der Waals surface area (Å²) in [5.41, 5.74) is 1.01. The van der Waals surface area contributed by atoms with E-state index in [1.165, 1.54) is 61.0 Å². The number of ether oxygens (including phenoxy) is 1. The molecule has 0 spiro atoms. The van der Waals surface area contributed by atoms with Crippen LogP contribution in [0.2, 0.25) is 0 Å². The minimum absolute atomic E-state index is 0.266. The summed E-state index contributed by atoms with van der Waals surface area (Å²) in [5, 5.41) is 6.73. The molecule has 3 fully saturated rings. The minimum atomic E-state index is -0.430. The molecule has 2 aliphatic carbocycles. The number of carbonyl (C=O) groups is 1. The third kappa shape index (κ3) is 5.17. The Balaban J connectivity index is 1.09. The predicted molar refractivity (Wildman–Crippen MR) is 137 cm³/mol. The summed E-state index contributed by atoms with van der Waals surface area (Å²) in [7, 11) is 0. The molecule has 2 saturated carbocycles. The second-order valence-corrected chi connectivity index (χ2v) is 12.2. The van der Waals surface area contributed by atoms with Gasteiger partial charge in [0.05, 0.1) is 0 Å². The van der Waals surface area contributed by atoms with Crippen molar-refractivity contribution in [2.75, 3.05) is 24.5 Å². The van der Waals surface area contributed by atoms with E-state index >= 15 is 0 Å². The zero-order valence-electron chi connectivity index (χ0n) is 20.4. The van der Waals surface area contributed by atoms with Gasteiger partial charge in [-0.1, -0.05) is 6.07 Å². The quantitative estimate of drug-likeness (QED) is 0.581. The van der Waals surface area contributed by atoms with Gasteiger partial charge in [-0.15, -0.1) is 11.3 Å². The molecule has 1 aromatic carbocycles. The molecule has 1 amide bonds. The molecule has 1 saturated heterocycles. The SMILES string of the molecule is CC(C)(C)OC(=O)N[C@H]1CC[C@H](CCN2CCN(c3cccc4sccc34)C3CCC32)CC1. The second kappa shape index (κ2) is 9.46. The molecular weight excluding hydrogens is 430 g/mol. The van der Waals surface area contributed by atoms with Crippen LogP contribution >= 0.6 is 11.3 Å². The van der Waals surface area contributed by atoms with Crippen molar-refractivity contribution in [3.05, 3.63) is 29.6 Å². The molecule has 6 heteroatoms. The van der Waals surface area contributed by atoms with Crippen molar-refractivity contribution in [1.29, 1.82) is 0 Å². The maximum Gasteiger partial charge on any atom is 0.407 e. The van der Waals surface area contributed by atoms with Gasteiger partial charge in [0.2, 0.25) is 0 Å². The number of benzene rings is 1. The highest BCUT2D eigenvalue weighted by Crippen LogP contribution is 2.40. The van der Waals surface area contributed by atoms with E-state index in [0.717, 1.165) is 31.3 Å². The van der Waals surface area contributed by atoms with Crippen LogP contribution in [0.4, 0.5) is 10.5 Å². The number of nitrogens with one attached hydrogen (secondary N) is 1. The molecule has 180 valence electrons. The zero-order chi connectivity index (χ0) is 23.0. The summed E-state index contributed by atoms with van der Waals surface area (Å²) in [4.78, 5) is 17.5.